The van der Waals surface area contributed by atoms with Gasteiger partial charge in [-0.25, -0.2) is 9.37 Å². The molecule has 0 aliphatic rings. The van der Waals surface area contributed by atoms with Gasteiger partial charge >= 0.3 is 0 Å². The zero-order valence-electron chi connectivity index (χ0n) is 10.3. The second-order valence-corrected chi connectivity index (χ2v) is 5.05. The molecule has 0 unspecified atom stereocenters. The first-order valence-electron chi connectivity index (χ1n) is 5.93. The Balaban J connectivity index is 1.78. The minimum atomic E-state index is -0.242. The molecule has 2 heterocycles. The Hall–Kier alpha value is -2.02. The Kier molecular flexibility index (Phi) is 3.12. The number of fused-ring (bicyclic) bond motifs is 1. The molecule has 0 bridgehead atoms. The fourth-order valence-corrected chi connectivity index (χ4v) is 2.70. The van der Waals surface area contributed by atoms with Crippen LogP contribution in [0.5, 0.6) is 0 Å². The number of hydrogen-bond donors (Lipinski definition) is 1. The highest BCUT2D eigenvalue weighted by Crippen LogP contribution is 2.26. The van der Waals surface area contributed by atoms with Gasteiger partial charge in [0.25, 0.3) is 0 Å². The van der Waals surface area contributed by atoms with E-state index >= 15 is 0 Å². The average Bonchev–Trinajstić information content (AvgIpc) is 3.01. The number of rotatable bonds is 4. The molecule has 98 valence electrons. The molecule has 0 atom stereocenters. The van der Waals surface area contributed by atoms with Crippen LogP contribution in [0.15, 0.2) is 24.5 Å². The maximum atomic E-state index is 13.1. The average molecular weight is 277 g/mol. The summed E-state index contributed by atoms with van der Waals surface area (Å²) in [5.41, 5.74) is 0.797. The van der Waals surface area contributed by atoms with Crippen molar-refractivity contribution in [2.75, 3.05) is 5.32 Å². The predicted octanol–water partition coefficient (Wildman–Crippen LogP) is 2.66. The lowest BCUT2D eigenvalue weighted by molar-refractivity contribution is 0.630. The minimum absolute atomic E-state index is 0.242. The summed E-state index contributed by atoms with van der Waals surface area (Å²) in [7, 11) is 0. The number of benzene rings is 1. The number of halogens is 1. The number of hydrogen-bond acceptors (Lipinski definition) is 5. The number of aryl methyl sites for hydroxylation is 1. The molecule has 0 amide bonds. The van der Waals surface area contributed by atoms with Crippen molar-refractivity contribution in [1.29, 1.82) is 0 Å². The van der Waals surface area contributed by atoms with Crippen molar-refractivity contribution in [3.05, 3.63) is 36.2 Å². The fourth-order valence-electron chi connectivity index (χ4n) is 1.81. The van der Waals surface area contributed by atoms with E-state index < -0.39 is 0 Å². The fraction of sp³-hybridized carbons (Fsp3) is 0.250. The summed E-state index contributed by atoms with van der Waals surface area (Å²) >= 11 is 1.43. The molecular weight excluding hydrogens is 265 g/mol. The summed E-state index contributed by atoms with van der Waals surface area (Å²) in [6.07, 6.45) is 1.70. The van der Waals surface area contributed by atoms with E-state index in [1.807, 2.05) is 11.5 Å². The van der Waals surface area contributed by atoms with E-state index in [4.69, 9.17) is 0 Å². The molecule has 0 saturated heterocycles. The number of thiazole rings is 1. The summed E-state index contributed by atoms with van der Waals surface area (Å²) in [4.78, 5) is 4.39. The van der Waals surface area contributed by atoms with E-state index in [1.165, 1.54) is 23.5 Å². The SMILES string of the molecule is CCn1cnnc1CNc1nc2ccc(F)cc2s1. The van der Waals surface area contributed by atoms with Crippen molar-refractivity contribution < 1.29 is 4.39 Å². The first kappa shape index (κ1) is 12.0. The van der Waals surface area contributed by atoms with Crippen molar-refractivity contribution >= 4 is 26.7 Å². The van der Waals surface area contributed by atoms with Crippen LogP contribution >= 0.6 is 11.3 Å². The van der Waals surface area contributed by atoms with E-state index in [-0.39, 0.29) is 5.82 Å². The zero-order chi connectivity index (χ0) is 13.2. The van der Waals surface area contributed by atoms with Crippen molar-refractivity contribution in [3.8, 4) is 0 Å². The first-order chi connectivity index (χ1) is 9.26. The molecule has 3 aromatic rings. The molecule has 0 radical (unpaired) electrons. The maximum absolute atomic E-state index is 13.1. The minimum Gasteiger partial charge on any atom is -0.354 e. The normalized spacial score (nSPS) is 11.1. The third-order valence-corrected chi connectivity index (χ3v) is 3.76. The first-order valence-corrected chi connectivity index (χ1v) is 6.74. The molecule has 0 aliphatic heterocycles. The number of anilines is 1. The maximum Gasteiger partial charge on any atom is 0.184 e. The molecule has 5 nitrogen and oxygen atoms in total. The van der Waals surface area contributed by atoms with Gasteiger partial charge in [-0.1, -0.05) is 11.3 Å². The van der Waals surface area contributed by atoms with E-state index in [0.717, 1.165) is 27.7 Å². The molecule has 19 heavy (non-hydrogen) atoms. The molecule has 0 saturated carbocycles. The van der Waals surface area contributed by atoms with Crippen molar-refractivity contribution in [3.63, 3.8) is 0 Å². The van der Waals surface area contributed by atoms with Crippen LogP contribution in [-0.4, -0.2) is 19.7 Å². The Morgan fingerprint density at radius 1 is 1.42 bits per heavy atom. The van der Waals surface area contributed by atoms with E-state index in [9.17, 15) is 4.39 Å². The Morgan fingerprint density at radius 3 is 3.16 bits per heavy atom. The van der Waals surface area contributed by atoms with Gasteiger partial charge in [0.15, 0.2) is 11.0 Å². The molecule has 0 aliphatic carbocycles. The molecular formula is C12H12FN5S. The largest absolute Gasteiger partial charge is 0.354 e. The smallest absolute Gasteiger partial charge is 0.184 e. The van der Waals surface area contributed by atoms with Crippen LogP contribution in [0, 0.1) is 5.82 Å². The van der Waals surface area contributed by atoms with Crippen molar-refractivity contribution in [2.24, 2.45) is 0 Å². The predicted molar refractivity (Wildman–Crippen MR) is 72.6 cm³/mol. The summed E-state index contributed by atoms with van der Waals surface area (Å²) in [6, 6.07) is 4.59. The lowest BCUT2D eigenvalue weighted by atomic mass is 10.3. The lowest BCUT2D eigenvalue weighted by Gasteiger charge is -2.03. The van der Waals surface area contributed by atoms with Crippen LogP contribution in [-0.2, 0) is 13.1 Å². The van der Waals surface area contributed by atoms with Gasteiger partial charge in [0, 0.05) is 6.54 Å². The summed E-state index contributed by atoms with van der Waals surface area (Å²) in [5.74, 6) is 0.612. The topological polar surface area (TPSA) is 55.6 Å². The highest BCUT2D eigenvalue weighted by atomic mass is 32.1. The number of aromatic nitrogens is 4. The van der Waals surface area contributed by atoms with Gasteiger partial charge in [0.05, 0.1) is 16.8 Å². The second kappa shape index (κ2) is 4.93. The molecule has 1 N–H and O–H groups in total. The van der Waals surface area contributed by atoms with E-state index in [1.54, 1.807) is 12.4 Å². The lowest BCUT2D eigenvalue weighted by Crippen LogP contribution is -2.07. The molecule has 0 spiro atoms. The Bertz CT molecular complexity index is 705. The zero-order valence-corrected chi connectivity index (χ0v) is 11.1. The second-order valence-electron chi connectivity index (χ2n) is 4.02. The van der Waals surface area contributed by atoms with Crippen LogP contribution in [0.1, 0.15) is 12.7 Å². The van der Waals surface area contributed by atoms with Crippen molar-refractivity contribution in [1.82, 2.24) is 19.7 Å². The highest BCUT2D eigenvalue weighted by Gasteiger charge is 2.07. The standard InChI is InChI=1S/C12H12FN5S/c1-2-18-7-15-17-11(18)6-14-12-16-9-4-3-8(13)5-10(9)19-12/h3-5,7H,2,6H2,1H3,(H,14,16). The Labute approximate surface area is 113 Å². The van der Waals surface area contributed by atoms with Gasteiger partial charge in [0.1, 0.15) is 12.1 Å². The monoisotopic (exact) mass is 277 g/mol. The van der Waals surface area contributed by atoms with Crippen molar-refractivity contribution in [2.45, 2.75) is 20.0 Å². The van der Waals surface area contributed by atoms with Crippen LogP contribution in [0.25, 0.3) is 10.2 Å². The van der Waals surface area contributed by atoms with Crippen LogP contribution < -0.4 is 5.32 Å². The Morgan fingerprint density at radius 2 is 2.32 bits per heavy atom. The van der Waals surface area contributed by atoms with Crippen LogP contribution in [0.3, 0.4) is 0 Å². The van der Waals surface area contributed by atoms with Gasteiger partial charge in [0.2, 0.25) is 0 Å². The van der Waals surface area contributed by atoms with Gasteiger partial charge in [-0.2, -0.15) is 0 Å². The highest BCUT2D eigenvalue weighted by molar-refractivity contribution is 7.22. The van der Waals surface area contributed by atoms with Crippen LogP contribution in [0.4, 0.5) is 9.52 Å². The summed E-state index contributed by atoms with van der Waals surface area (Å²) < 4.78 is 15.9. The van der Waals surface area contributed by atoms with Gasteiger partial charge < -0.3 is 9.88 Å². The molecule has 1 aromatic carbocycles. The third-order valence-electron chi connectivity index (χ3n) is 2.78. The van der Waals surface area contributed by atoms with Gasteiger partial charge in [-0.05, 0) is 25.1 Å². The van der Waals surface area contributed by atoms with Gasteiger partial charge in [-0.3, -0.25) is 0 Å². The third kappa shape index (κ3) is 2.41. The van der Waals surface area contributed by atoms with Crippen LogP contribution in [0.2, 0.25) is 0 Å². The van der Waals surface area contributed by atoms with E-state index in [0.29, 0.717) is 6.54 Å². The molecule has 3 rings (SSSR count). The number of nitrogens with one attached hydrogen (secondary N) is 1. The molecule has 2 aromatic heterocycles. The van der Waals surface area contributed by atoms with Gasteiger partial charge in [-0.15, -0.1) is 10.2 Å². The van der Waals surface area contributed by atoms with E-state index in [2.05, 4.69) is 20.5 Å². The summed E-state index contributed by atoms with van der Waals surface area (Å²) in [6.45, 7) is 3.42. The quantitative estimate of drug-likeness (QED) is 0.796. The molecule has 0 fully saturated rings. The summed E-state index contributed by atoms with van der Waals surface area (Å²) in [5, 5.41) is 11.9. The molecule has 7 heteroatoms. The number of nitrogens with zero attached hydrogens (tertiary/aromatic N) is 4.